The molecule has 0 saturated carbocycles. The van der Waals surface area contributed by atoms with E-state index < -0.39 is 15.8 Å². The maximum Gasteiger partial charge on any atom is 0.306 e. The SMILES string of the molecule is COc1ccc(-c2nc(COC(=O)CC3CCS(=O)(=O)C3)cs2)cc1OC. The Kier molecular flexibility index (Phi) is 6.01. The molecule has 1 atom stereocenters. The van der Waals surface area contributed by atoms with E-state index in [0.717, 1.165) is 10.6 Å². The lowest BCUT2D eigenvalue weighted by Gasteiger charge is -2.08. The average Bonchev–Trinajstić information content (AvgIpc) is 3.25. The largest absolute Gasteiger partial charge is 0.493 e. The standard InChI is InChI=1S/C18H21NO6S2/c1-23-15-4-3-13(8-16(15)24-2)18-19-14(10-26-18)9-25-17(20)7-12-5-6-27(21,22)11-12/h3-4,8,10,12H,5-7,9,11H2,1-2H3. The monoisotopic (exact) mass is 411 g/mol. The average molecular weight is 412 g/mol. The number of hydrogen-bond donors (Lipinski definition) is 0. The number of carbonyl (C=O) groups excluding carboxylic acids is 1. The Morgan fingerprint density at radius 1 is 1.26 bits per heavy atom. The summed E-state index contributed by atoms with van der Waals surface area (Å²) in [7, 11) is 0.167. The van der Waals surface area contributed by atoms with Gasteiger partial charge >= 0.3 is 5.97 Å². The van der Waals surface area contributed by atoms with E-state index >= 15 is 0 Å². The van der Waals surface area contributed by atoms with E-state index in [1.807, 2.05) is 23.6 Å². The molecule has 1 saturated heterocycles. The van der Waals surface area contributed by atoms with Crippen molar-refractivity contribution in [3.63, 3.8) is 0 Å². The zero-order chi connectivity index (χ0) is 19.4. The zero-order valence-corrected chi connectivity index (χ0v) is 16.8. The van der Waals surface area contributed by atoms with Gasteiger partial charge in [0.25, 0.3) is 0 Å². The minimum absolute atomic E-state index is 0.0715. The van der Waals surface area contributed by atoms with Crippen molar-refractivity contribution in [2.75, 3.05) is 25.7 Å². The second kappa shape index (κ2) is 8.26. The van der Waals surface area contributed by atoms with Crippen molar-refractivity contribution in [3.8, 4) is 22.1 Å². The van der Waals surface area contributed by atoms with Crippen LogP contribution in [0.1, 0.15) is 18.5 Å². The van der Waals surface area contributed by atoms with Gasteiger partial charge in [0.1, 0.15) is 11.6 Å². The summed E-state index contributed by atoms with van der Waals surface area (Å²) >= 11 is 1.44. The second-order valence-corrected chi connectivity index (χ2v) is 9.43. The number of carbonyl (C=O) groups is 1. The normalized spacial score (nSPS) is 18.2. The Balaban J connectivity index is 1.57. The summed E-state index contributed by atoms with van der Waals surface area (Å²) in [5, 5.41) is 2.61. The van der Waals surface area contributed by atoms with Gasteiger partial charge in [0.05, 0.1) is 31.4 Å². The molecule has 1 aliphatic rings. The van der Waals surface area contributed by atoms with E-state index in [2.05, 4.69) is 4.98 Å². The van der Waals surface area contributed by atoms with E-state index in [9.17, 15) is 13.2 Å². The number of esters is 1. The molecular formula is C18H21NO6S2. The fourth-order valence-electron chi connectivity index (χ4n) is 2.96. The van der Waals surface area contributed by atoms with Gasteiger partial charge < -0.3 is 14.2 Å². The minimum atomic E-state index is -2.98. The van der Waals surface area contributed by atoms with Gasteiger partial charge in [0, 0.05) is 17.4 Å². The number of ether oxygens (including phenoxy) is 3. The number of sulfone groups is 1. The molecule has 0 radical (unpaired) electrons. The van der Waals surface area contributed by atoms with Crippen LogP contribution < -0.4 is 9.47 Å². The fourth-order valence-corrected chi connectivity index (χ4v) is 5.62. The highest BCUT2D eigenvalue weighted by atomic mass is 32.2. The Labute approximate surface area is 162 Å². The molecule has 27 heavy (non-hydrogen) atoms. The van der Waals surface area contributed by atoms with Crippen LogP contribution in [0.25, 0.3) is 10.6 Å². The fraction of sp³-hybridized carbons (Fsp3) is 0.444. The van der Waals surface area contributed by atoms with Crippen molar-refractivity contribution in [2.45, 2.75) is 19.4 Å². The predicted molar refractivity (Wildman–Crippen MR) is 102 cm³/mol. The van der Waals surface area contributed by atoms with Gasteiger partial charge in [-0.3, -0.25) is 4.79 Å². The number of thiazole rings is 1. The molecule has 7 nitrogen and oxygen atoms in total. The summed E-state index contributed by atoms with van der Waals surface area (Å²) in [4.78, 5) is 16.4. The van der Waals surface area contributed by atoms with Crippen molar-refractivity contribution in [1.29, 1.82) is 0 Å². The van der Waals surface area contributed by atoms with Crippen LogP contribution in [0.3, 0.4) is 0 Å². The quantitative estimate of drug-likeness (QED) is 0.647. The Morgan fingerprint density at radius 2 is 2.04 bits per heavy atom. The van der Waals surface area contributed by atoms with Crippen LogP contribution in [-0.4, -0.2) is 45.1 Å². The van der Waals surface area contributed by atoms with Crippen molar-refractivity contribution in [3.05, 3.63) is 29.3 Å². The molecule has 2 aromatic rings. The van der Waals surface area contributed by atoms with Gasteiger partial charge in [-0.25, -0.2) is 13.4 Å². The van der Waals surface area contributed by atoms with Crippen molar-refractivity contribution >= 4 is 27.1 Å². The van der Waals surface area contributed by atoms with Crippen LogP contribution in [0.15, 0.2) is 23.6 Å². The molecule has 1 fully saturated rings. The number of aromatic nitrogens is 1. The third kappa shape index (κ3) is 4.98. The highest BCUT2D eigenvalue weighted by Gasteiger charge is 2.29. The molecular weight excluding hydrogens is 390 g/mol. The van der Waals surface area contributed by atoms with Gasteiger partial charge in [-0.1, -0.05) is 0 Å². The maximum absolute atomic E-state index is 11.9. The number of methoxy groups -OCH3 is 2. The van der Waals surface area contributed by atoms with E-state index in [0.29, 0.717) is 23.6 Å². The lowest BCUT2D eigenvalue weighted by molar-refractivity contribution is -0.146. The predicted octanol–water partition coefficient (Wildman–Crippen LogP) is 2.70. The van der Waals surface area contributed by atoms with Crippen LogP contribution in [0.5, 0.6) is 11.5 Å². The Hall–Kier alpha value is -2.13. The first-order chi connectivity index (χ1) is 12.9. The van der Waals surface area contributed by atoms with Crippen LogP contribution in [0.4, 0.5) is 0 Å². The first-order valence-corrected chi connectivity index (χ1v) is 11.1. The molecule has 1 aliphatic heterocycles. The Bertz CT molecular complexity index is 922. The molecule has 0 aliphatic carbocycles. The highest BCUT2D eigenvalue weighted by molar-refractivity contribution is 7.91. The zero-order valence-electron chi connectivity index (χ0n) is 15.1. The van der Waals surface area contributed by atoms with Crippen LogP contribution in [-0.2, 0) is 26.0 Å². The van der Waals surface area contributed by atoms with E-state index in [1.54, 1.807) is 14.2 Å². The van der Waals surface area contributed by atoms with Gasteiger partial charge in [-0.2, -0.15) is 0 Å². The third-order valence-corrected chi connectivity index (χ3v) is 7.12. The smallest absolute Gasteiger partial charge is 0.306 e. The number of nitrogens with zero attached hydrogens (tertiary/aromatic N) is 1. The minimum Gasteiger partial charge on any atom is -0.493 e. The molecule has 2 heterocycles. The molecule has 146 valence electrons. The molecule has 0 N–H and O–H groups in total. The van der Waals surface area contributed by atoms with Crippen molar-refractivity contribution < 1.29 is 27.4 Å². The lowest BCUT2D eigenvalue weighted by Crippen LogP contribution is -2.13. The Morgan fingerprint density at radius 3 is 2.70 bits per heavy atom. The van der Waals surface area contributed by atoms with Gasteiger partial charge in [0.15, 0.2) is 21.3 Å². The number of hydrogen-bond acceptors (Lipinski definition) is 8. The molecule has 1 aromatic heterocycles. The van der Waals surface area contributed by atoms with Crippen molar-refractivity contribution in [1.82, 2.24) is 4.98 Å². The van der Waals surface area contributed by atoms with Crippen LogP contribution >= 0.6 is 11.3 Å². The summed E-state index contributed by atoms with van der Waals surface area (Å²) in [6, 6.07) is 5.54. The van der Waals surface area contributed by atoms with Gasteiger partial charge in [-0.05, 0) is 30.5 Å². The van der Waals surface area contributed by atoms with Crippen LogP contribution in [0.2, 0.25) is 0 Å². The van der Waals surface area contributed by atoms with Crippen LogP contribution in [0, 0.1) is 5.92 Å². The molecule has 0 amide bonds. The third-order valence-electron chi connectivity index (χ3n) is 4.35. The van der Waals surface area contributed by atoms with E-state index in [4.69, 9.17) is 14.2 Å². The first kappa shape index (κ1) is 19.6. The maximum atomic E-state index is 11.9. The summed E-state index contributed by atoms with van der Waals surface area (Å²) in [6.45, 7) is 0.0715. The lowest BCUT2D eigenvalue weighted by atomic mass is 10.1. The summed E-state index contributed by atoms with van der Waals surface area (Å²) in [5.74, 6) is 0.956. The van der Waals surface area contributed by atoms with E-state index in [-0.39, 0.29) is 30.5 Å². The molecule has 1 aromatic carbocycles. The summed E-state index contributed by atoms with van der Waals surface area (Å²) < 4.78 is 38.7. The number of benzene rings is 1. The summed E-state index contributed by atoms with van der Waals surface area (Å²) in [6.07, 6.45) is 0.656. The molecule has 1 unspecified atom stereocenters. The van der Waals surface area contributed by atoms with E-state index in [1.165, 1.54) is 11.3 Å². The first-order valence-electron chi connectivity index (χ1n) is 8.43. The van der Waals surface area contributed by atoms with Gasteiger partial charge in [0.2, 0.25) is 0 Å². The molecule has 3 rings (SSSR count). The summed E-state index contributed by atoms with van der Waals surface area (Å²) in [5.41, 5.74) is 1.53. The highest BCUT2D eigenvalue weighted by Crippen LogP contribution is 2.33. The second-order valence-electron chi connectivity index (χ2n) is 6.35. The topological polar surface area (TPSA) is 91.8 Å². The number of rotatable bonds is 7. The van der Waals surface area contributed by atoms with Crippen molar-refractivity contribution in [2.24, 2.45) is 5.92 Å². The van der Waals surface area contributed by atoms with Gasteiger partial charge in [-0.15, -0.1) is 11.3 Å². The molecule has 0 spiro atoms. The molecule has 9 heteroatoms. The molecule has 0 bridgehead atoms.